The van der Waals surface area contributed by atoms with Crippen LogP contribution >= 0.6 is 11.3 Å². The first-order valence-corrected chi connectivity index (χ1v) is 6.35. The first-order chi connectivity index (χ1) is 8.78. The van der Waals surface area contributed by atoms with E-state index in [1.54, 1.807) is 14.2 Å². The Labute approximate surface area is 110 Å². The van der Waals surface area contributed by atoms with Crippen LogP contribution in [0.1, 0.15) is 5.01 Å². The van der Waals surface area contributed by atoms with Gasteiger partial charge in [-0.25, -0.2) is 0 Å². The molecule has 2 aromatic rings. The van der Waals surface area contributed by atoms with Gasteiger partial charge in [0.15, 0.2) is 5.01 Å². The summed E-state index contributed by atoms with van der Waals surface area (Å²) in [6.07, 6.45) is 0.740. The highest BCUT2D eigenvalue weighted by Gasteiger charge is 2.12. The molecule has 0 atom stereocenters. The van der Waals surface area contributed by atoms with E-state index in [0.29, 0.717) is 6.54 Å². The van der Waals surface area contributed by atoms with Gasteiger partial charge in [-0.2, -0.15) is 0 Å². The Morgan fingerprint density at radius 2 is 2.06 bits per heavy atom. The summed E-state index contributed by atoms with van der Waals surface area (Å²) in [5, 5.41) is 10.0. The van der Waals surface area contributed by atoms with Crippen LogP contribution in [0.3, 0.4) is 0 Å². The van der Waals surface area contributed by atoms with Gasteiger partial charge in [-0.3, -0.25) is 0 Å². The lowest BCUT2D eigenvalue weighted by Gasteiger charge is -2.07. The molecule has 6 heteroatoms. The molecule has 0 saturated heterocycles. The molecule has 2 N–H and O–H groups in total. The maximum Gasteiger partial charge on any atom is 0.151 e. The van der Waals surface area contributed by atoms with E-state index in [1.807, 2.05) is 18.2 Å². The predicted octanol–water partition coefficient (Wildman–Crippen LogP) is 1.72. The van der Waals surface area contributed by atoms with E-state index in [-0.39, 0.29) is 0 Å². The second kappa shape index (κ2) is 5.79. The van der Waals surface area contributed by atoms with Crippen LogP contribution in [0.25, 0.3) is 10.6 Å². The number of nitrogens with zero attached hydrogens (tertiary/aromatic N) is 2. The van der Waals surface area contributed by atoms with Crippen molar-refractivity contribution in [3.63, 3.8) is 0 Å². The average molecular weight is 265 g/mol. The Kier molecular flexibility index (Phi) is 4.11. The summed E-state index contributed by atoms with van der Waals surface area (Å²) in [5.74, 6) is 1.52. The Morgan fingerprint density at radius 1 is 1.22 bits per heavy atom. The fourth-order valence-electron chi connectivity index (χ4n) is 1.57. The molecule has 0 fully saturated rings. The molecular formula is C12H15N3O2S. The zero-order chi connectivity index (χ0) is 13.0. The van der Waals surface area contributed by atoms with Crippen molar-refractivity contribution in [1.29, 1.82) is 0 Å². The Hall–Kier alpha value is -1.66. The highest BCUT2D eigenvalue weighted by atomic mass is 32.1. The van der Waals surface area contributed by atoms with Crippen molar-refractivity contribution in [2.75, 3.05) is 20.8 Å². The maximum atomic E-state index is 5.50. The van der Waals surface area contributed by atoms with E-state index in [1.165, 1.54) is 11.3 Å². The van der Waals surface area contributed by atoms with Crippen LogP contribution < -0.4 is 15.2 Å². The highest BCUT2D eigenvalue weighted by molar-refractivity contribution is 7.14. The molecular weight excluding hydrogens is 250 g/mol. The van der Waals surface area contributed by atoms with Crippen LogP contribution in [0, 0.1) is 0 Å². The molecule has 0 aliphatic rings. The number of methoxy groups -OCH3 is 2. The van der Waals surface area contributed by atoms with Gasteiger partial charge in [0.25, 0.3) is 0 Å². The standard InChI is InChI=1S/C12H15N3O2S/c1-16-8-3-4-10(17-2)9(7-8)12-15-14-11(18-12)5-6-13/h3-4,7H,5-6,13H2,1-2H3. The van der Waals surface area contributed by atoms with Crippen molar-refractivity contribution in [2.24, 2.45) is 5.73 Å². The maximum absolute atomic E-state index is 5.50. The summed E-state index contributed by atoms with van der Waals surface area (Å²) in [6.45, 7) is 0.573. The molecule has 0 radical (unpaired) electrons. The van der Waals surface area contributed by atoms with Crippen LogP contribution in [-0.4, -0.2) is 31.0 Å². The summed E-state index contributed by atoms with van der Waals surface area (Å²) in [7, 11) is 3.26. The first-order valence-electron chi connectivity index (χ1n) is 5.53. The molecule has 0 spiro atoms. The van der Waals surface area contributed by atoms with Crippen molar-refractivity contribution in [1.82, 2.24) is 10.2 Å². The number of rotatable bonds is 5. The number of aromatic nitrogens is 2. The van der Waals surface area contributed by atoms with Crippen LogP contribution in [0.4, 0.5) is 0 Å². The molecule has 2 rings (SSSR count). The molecule has 0 saturated carbocycles. The lowest BCUT2D eigenvalue weighted by molar-refractivity contribution is 0.404. The van der Waals surface area contributed by atoms with Gasteiger partial charge < -0.3 is 15.2 Å². The molecule has 1 aromatic carbocycles. The van der Waals surface area contributed by atoms with Gasteiger partial charge in [-0.1, -0.05) is 11.3 Å². The van der Waals surface area contributed by atoms with Gasteiger partial charge in [0.05, 0.1) is 19.8 Å². The Balaban J connectivity index is 2.40. The van der Waals surface area contributed by atoms with Crippen LogP contribution in [0.15, 0.2) is 18.2 Å². The molecule has 0 amide bonds. The molecule has 0 aliphatic heterocycles. The zero-order valence-electron chi connectivity index (χ0n) is 10.3. The van der Waals surface area contributed by atoms with Gasteiger partial charge in [0.1, 0.15) is 16.5 Å². The third kappa shape index (κ3) is 2.60. The fraction of sp³-hybridized carbons (Fsp3) is 0.333. The highest BCUT2D eigenvalue weighted by Crippen LogP contribution is 2.34. The van der Waals surface area contributed by atoms with E-state index in [0.717, 1.165) is 33.5 Å². The molecule has 96 valence electrons. The van der Waals surface area contributed by atoms with Gasteiger partial charge in [0, 0.05) is 6.42 Å². The summed E-state index contributed by atoms with van der Waals surface area (Å²) >= 11 is 1.52. The number of hydrogen-bond donors (Lipinski definition) is 1. The minimum atomic E-state index is 0.573. The van der Waals surface area contributed by atoms with Crippen LogP contribution in [-0.2, 0) is 6.42 Å². The van der Waals surface area contributed by atoms with E-state index in [9.17, 15) is 0 Å². The number of benzene rings is 1. The SMILES string of the molecule is COc1ccc(OC)c(-c2nnc(CCN)s2)c1. The second-order valence-corrected chi connectivity index (χ2v) is 4.67. The summed E-state index contributed by atoms with van der Waals surface area (Å²) in [6, 6.07) is 5.61. The molecule has 0 bridgehead atoms. The van der Waals surface area contributed by atoms with Crippen molar-refractivity contribution >= 4 is 11.3 Å². The molecule has 5 nitrogen and oxygen atoms in total. The summed E-state index contributed by atoms with van der Waals surface area (Å²) in [4.78, 5) is 0. The Morgan fingerprint density at radius 3 is 2.72 bits per heavy atom. The van der Waals surface area contributed by atoms with Crippen molar-refractivity contribution in [3.05, 3.63) is 23.2 Å². The first kappa shape index (κ1) is 12.8. The second-order valence-electron chi connectivity index (χ2n) is 3.61. The third-order valence-corrected chi connectivity index (χ3v) is 3.48. The largest absolute Gasteiger partial charge is 0.497 e. The lowest BCUT2D eigenvalue weighted by atomic mass is 10.2. The van der Waals surface area contributed by atoms with E-state index >= 15 is 0 Å². The van der Waals surface area contributed by atoms with Gasteiger partial charge >= 0.3 is 0 Å². The Bertz CT molecular complexity index is 528. The van der Waals surface area contributed by atoms with Crippen molar-refractivity contribution in [3.8, 4) is 22.1 Å². The zero-order valence-corrected chi connectivity index (χ0v) is 11.2. The van der Waals surface area contributed by atoms with Crippen LogP contribution in [0.2, 0.25) is 0 Å². The minimum Gasteiger partial charge on any atom is -0.497 e. The van der Waals surface area contributed by atoms with Gasteiger partial charge in [-0.15, -0.1) is 10.2 Å². The normalized spacial score (nSPS) is 10.4. The summed E-state index contributed by atoms with van der Waals surface area (Å²) < 4.78 is 10.5. The number of hydrogen-bond acceptors (Lipinski definition) is 6. The van der Waals surface area contributed by atoms with Gasteiger partial charge in [-0.05, 0) is 24.7 Å². The predicted molar refractivity (Wildman–Crippen MR) is 71.2 cm³/mol. The number of ether oxygens (including phenoxy) is 2. The molecule has 0 unspecified atom stereocenters. The van der Waals surface area contributed by atoms with E-state index in [4.69, 9.17) is 15.2 Å². The molecule has 1 aromatic heterocycles. The smallest absolute Gasteiger partial charge is 0.151 e. The molecule has 18 heavy (non-hydrogen) atoms. The topological polar surface area (TPSA) is 70.3 Å². The monoisotopic (exact) mass is 265 g/mol. The minimum absolute atomic E-state index is 0.573. The van der Waals surface area contributed by atoms with Crippen molar-refractivity contribution in [2.45, 2.75) is 6.42 Å². The third-order valence-electron chi connectivity index (χ3n) is 2.46. The van der Waals surface area contributed by atoms with Gasteiger partial charge in [0.2, 0.25) is 0 Å². The van der Waals surface area contributed by atoms with Crippen LogP contribution in [0.5, 0.6) is 11.5 Å². The number of nitrogens with two attached hydrogens (primary N) is 1. The van der Waals surface area contributed by atoms with E-state index < -0.39 is 0 Å². The average Bonchev–Trinajstić information content (AvgIpc) is 2.87. The summed E-state index contributed by atoms with van der Waals surface area (Å²) in [5.41, 5.74) is 6.39. The quantitative estimate of drug-likeness (QED) is 0.891. The molecule has 1 heterocycles. The van der Waals surface area contributed by atoms with E-state index in [2.05, 4.69) is 10.2 Å². The fourth-order valence-corrected chi connectivity index (χ4v) is 2.44. The lowest BCUT2D eigenvalue weighted by Crippen LogP contribution is -2.01. The molecule has 0 aliphatic carbocycles. The van der Waals surface area contributed by atoms with Crippen molar-refractivity contribution < 1.29 is 9.47 Å².